The molecule has 2 aliphatic heterocycles. The molecule has 3 heteroatoms. The number of hydrogen-bond donors (Lipinski definition) is 0. The van der Waals surface area contributed by atoms with Crippen LogP contribution in [0.3, 0.4) is 0 Å². The Kier molecular flexibility index (Phi) is 5.28. The number of rotatable bonds is 5. The van der Waals surface area contributed by atoms with Crippen molar-refractivity contribution < 1.29 is 9.47 Å². The third-order valence-corrected chi connectivity index (χ3v) is 4.60. The summed E-state index contributed by atoms with van der Waals surface area (Å²) >= 11 is 0. The van der Waals surface area contributed by atoms with Crippen molar-refractivity contribution in [1.29, 1.82) is 0 Å². The molecule has 1 unspecified atom stereocenters. The quantitative estimate of drug-likeness (QED) is 0.831. The van der Waals surface area contributed by atoms with Gasteiger partial charge in [-0.2, -0.15) is 0 Å². The monoisotopic (exact) mass is 289 g/mol. The fourth-order valence-corrected chi connectivity index (χ4v) is 3.20. The highest BCUT2D eigenvalue weighted by Crippen LogP contribution is 2.19. The molecule has 3 rings (SSSR count). The molecule has 0 amide bonds. The van der Waals surface area contributed by atoms with Gasteiger partial charge < -0.3 is 9.47 Å². The van der Waals surface area contributed by atoms with Crippen molar-refractivity contribution in [3.63, 3.8) is 0 Å². The maximum absolute atomic E-state index is 6.03. The maximum atomic E-state index is 6.03. The average molecular weight is 289 g/mol. The molecule has 0 aromatic heterocycles. The summed E-state index contributed by atoms with van der Waals surface area (Å²) in [7, 11) is 0. The minimum Gasteiger partial charge on any atom is -0.376 e. The summed E-state index contributed by atoms with van der Waals surface area (Å²) in [6.07, 6.45) is 5.46. The summed E-state index contributed by atoms with van der Waals surface area (Å²) in [5, 5.41) is 0. The molecular formula is C18H27NO2. The molecule has 0 bridgehead atoms. The smallest absolute Gasteiger partial charge is 0.0809 e. The molecule has 116 valence electrons. The zero-order valence-corrected chi connectivity index (χ0v) is 13.1. The number of nitrogens with zero attached hydrogens (tertiary/aromatic N) is 1. The average Bonchev–Trinajstić information content (AvgIpc) is 3.02. The van der Waals surface area contributed by atoms with Gasteiger partial charge in [0.05, 0.1) is 18.8 Å². The highest BCUT2D eigenvalue weighted by Gasteiger charge is 2.22. The van der Waals surface area contributed by atoms with Crippen LogP contribution in [0.4, 0.5) is 0 Å². The molecule has 1 atom stereocenters. The van der Waals surface area contributed by atoms with Crippen molar-refractivity contribution in [3.05, 3.63) is 35.4 Å². The Labute approximate surface area is 128 Å². The van der Waals surface area contributed by atoms with E-state index in [4.69, 9.17) is 9.47 Å². The van der Waals surface area contributed by atoms with Gasteiger partial charge in [-0.1, -0.05) is 29.8 Å². The molecule has 2 saturated heterocycles. The van der Waals surface area contributed by atoms with E-state index < -0.39 is 0 Å². The second-order valence-corrected chi connectivity index (χ2v) is 6.43. The minimum atomic E-state index is 0.357. The summed E-state index contributed by atoms with van der Waals surface area (Å²) in [5.41, 5.74) is 2.75. The molecule has 2 aliphatic rings. The standard InChI is InChI=1S/C18H27NO2/c1-15-4-6-16(7-5-15)13-19-10-8-17(9-11-19)21-14-18-3-2-12-20-18/h4-7,17-18H,2-3,8-14H2,1H3. The summed E-state index contributed by atoms with van der Waals surface area (Å²) in [6.45, 7) is 7.21. The number of aryl methyl sites for hydroxylation is 1. The van der Waals surface area contributed by atoms with E-state index in [2.05, 4.69) is 36.1 Å². The first kappa shape index (κ1) is 15.0. The Balaban J connectivity index is 1.37. The lowest BCUT2D eigenvalue weighted by Gasteiger charge is -2.32. The lowest BCUT2D eigenvalue weighted by Crippen LogP contribution is -2.37. The fraction of sp³-hybridized carbons (Fsp3) is 0.667. The second kappa shape index (κ2) is 7.39. The topological polar surface area (TPSA) is 21.7 Å². The van der Waals surface area contributed by atoms with E-state index in [1.165, 1.54) is 24.0 Å². The van der Waals surface area contributed by atoms with Crippen LogP contribution in [0.5, 0.6) is 0 Å². The molecule has 0 spiro atoms. The van der Waals surface area contributed by atoms with Crippen LogP contribution in [-0.4, -0.2) is 43.4 Å². The van der Waals surface area contributed by atoms with Crippen molar-refractivity contribution in [2.45, 2.75) is 51.4 Å². The molecule has 0 saturated carbocycles. The van der Waals surface area contributed by atoms with Crippen LogP contribution in [0.1, 0.15) is 36.8 Å². The lowest BCUT2D eigenvalue weighted by atomic mass is 10.1. The fourth-order valence-electron chi connectivity index (χ4n) is 3.20. The van der Waals surface area contributed by atoms with Gasteiger partial charge in [-0.15, -0.1) is 0 Å². The van der Waals surface area contributed by atoms with Crippen LogP contribution in [0, 0.1) is 6.92 Å². The zero-order chi connectivity index (χ0) is 14.5. The Morgan fingerprint density at radius 3 is 2.57 bits per heavy atom. The number of benzene rings is 1. The lowest BCUT2D eigenvalue weighted by molar-refractivity contribution is -0.0426. The third-order valence-electron chi connectivity index (χ3n) is 4.60. The molecular weight excluding hydrogens is 262 g/mol. The Morgan fingerprint density at radius 2 is 1.90 bits per heavy atom. The van der Waals surface area contributed by atoms with Gasteiger partial charge >= 0.3 is 0 Å². The van der Waals surface area contributed by atoms with Gasteiger partial charge in [0.2, 0.25) is 0 Å². The Hall–Kier alpha value is -0.900. The largest absolute Gasteiger partial charge is 0.376 e. The number of hydrogen-bond acceptors (Lipinski definition) is 3. The summed E-state index contributed by atoms with van der Waals surface area (Å²) in [5.74, 6) is 0. The molecule has 0 radical (unpaired) electrons. The molecule has 0 N–H and O–H groups in total. The van der Waals surface area contributed by atoms with Crippen molar-refractivity contribution in [2.24, 2.45) is 0 Å². The van der Waals surface area contributed by atoms with Crippen molar-refractivity contribution in [2.75, 3.05) is 26.3 Å². The summed E-state index contributed by atoms with van der Waals surface area (Å²) in [6, 6.07) is 8.89. The van der Waals surface area contributed by atoms with Gasteiger partial charge in [0.15, 0.2) is 0 Å². The zero-order valence-electron chi connectivity index (χ0n) is 13.1. The van der Waals surface area contributed by atoms with Crippen molar-refractivity contribution in [3.8, 4) is 0 Å². The van der Waals surface area contributed by atoms with Gasteiger partial charge in [-0.25, -0.2) is 0 Å². The van der Waals surface area contributed by atoms with Gasteiger partial charge in [0.1, 0.15) is 0 Å². The van der Waals surface area contributed by atoms with Gasteiger partial charge in [0, 0.05) is 26.2 Å². The first-order valence-corrected chi connectivity index (χ1v) is 8.31. The van der Waals surface area contributed by atoms with Crippen LogP contribution in [-0.2, 0) is 16.0 Å². The number of ether oxygens (including phenoxy) is 2. The van der Waals surface area contributed by atoms with Crippen molar-refractivity contribution in [1.82, 2.24) is 4.90 Å². The number of likely N-dealkylation sites (tertiary alicyclic amines) is 1. The van der Waals surface area contributed by atoms with Crippen LogP contribution >= 0.6 is 0 Å². The van der Waals surface area contributed by atoms with E-state index in [0.717, 1.165) is 45.7 Å². The SMILES string of the molecule is Cc1ccc(CN2CCC(OCC3CCCO3)CC2)cc1. The summed E-state index contributed by atoms with van der Waals surface area (Å²) in [4.78, 5) is 2.54. The van der Waals surface area contributed by atoms with Crippen molar-refractivity contribution >= 4 is 0 Å². The van der Waals surface area contributed by atoms with E-state index in [1.807, 2.05) is 0 Å². The minimum absolute atomic E-state index is 0.357. The number of piperidine rings is 1. The molecule has 2 heterocycles. The molecule has 0 aliphatic carbocycles. The normalized spacial score (nSPS) is 24.5. The first-order chi connectivity index (χ1) is 10.3. The van der Waals surface area contributed by atoms with E-state index in [0.29, 0.717) is 12.2 Å². The molecule has 3 nitrogen and oxygen atoms in total. The van der Waals surface area contributed by atoms with Crippen LogP contribution in [0.25, 0.3) is 0 Å². The van der Waals surface area contributed by atoms with E-state index in [1.54, 1.807) is 0 Å². The molecule has 1 aromatic carbocycles. The van der Waals surface area contributed by atoms with E-state index >= 15 is 0 Å². The van der Waals surface area contributed by atoms with Crippen LogP contribution < -0.4 is 0 Å². The van der Waals surface area contributed by atoms with Gasteiger partial charge in [-0.05, 0) is 38.2 Å². The van der Waals surface area contributed by atoms with Crippen LogP contribution in [0.15, 0.2) is 24.3 Å². The highest BCUT2D eigenvalue weighted by molar-refractivity contribution is 5.21. The third kappa shape index (κ3) is 4.53. The van der Waals surface area contributed by atoms with E-state index in [-0.39, 0.29) is 0 Å². The Bertz CT molecular complexity index is 417. The first-order valence-electron chi connectivity index (χ1n) is 8.31. The maximum Gasteiger partial charge on any atom is 0.0809 e. The van der Waals surface area contributed by atoms with Crippen LogP contribution in [0.2, 0.25) is 0 Å². The Morgan fingerprint density at radius 1 is 1.14 bits per heavy atom. The highest BCUT2D eigenvalue weighted by atomic mass is 16.5. The van der Waals surface area contributed by atoms with E-state index in [9.17, 15) is 0 Å². The second-order valence-electron chi connectivity index (χ2n) is 6.43. The van der Waals surface area contributed by atoms with Gasteiger partial charge in [-0.3, -0.25) is 4.90 Å². The predicted molar refractivity (Wildman–Crippen MR) is 84.4 cm³/mol. The van der Waals surface area contributed by atoms with Gasteiger partial charge in [0.25, 0.3) is 0 Å². The molecule has 2 fully saturated rings. The molecule has 21 heavy (non-hydrogen) atoms. The summed E-state index contributed by atoms with van der Waals surface area (Å²) < 4.78 is 11.6. The predicted octanol–water partition coefficient (Wildman–Crippen LogP) is 3.16. The molecule has 1 aromatic rings.